The molecule has 304 valence electrons. The topological polar surface area (TPSA) is 161 Å². The van der Waals surface area contributed by atoms with E-state index < -0.39 is 5.97 Å². The van der Waals surface area contributed by atoms with E-state index in [0.717, 1.165) is 65.0 Å². The van der Waals surface area contributed by atoms with Crippen LogP contribution < -0.4 is 15.2 Å². The lowest BCUT2D eigenvalue weighted by molar-refractivity contribution is 0.0696. The van der Waals surface area contributed by atoms with Gasteiger partial charge in [0.15, 0.2) is 23.5 Å². The number of carboxylic acid groups (broad SMARTS) is 1. The maximum Gasteiger partial charge on any atom is 0.335 e. The number of unbranched alkanes of at least 4 members (excludes halogenated alkanes) is 2. The average molecular weight is 798 g/mol. The minimum absolute atomic E-state index is 0.0165. The van der Waals surface area contributed by atoms with Crippen molar-refractivity contribution in [2.24, 2.45) is 21.6 Å². The summed E-state index contributed by atoms with van der Waals surface area (Å²) in [5.41, 5.74) is 13.3. The molecule has 9 rings (SSSR count). The van der Waals surface area contributed by atoms with Crippen molar-refractivity contribution in [3.05, 3.63) is 124 Å². The van der Waals surface area contributed by atoms with Gasteiger partial charge in [0.1, 0.15) is 11.9 Å². The van der Waals surface area contributed by atoms with Crippen LogP contribution in [0, 0.1) is 5.92 Å². The molecule has 6 aliphatic rings. The van der Waals surface area contributed by atoms with E-state index in [2.05, 4.69) is 11.1 Å². The number of rotatable bonds is 14. The lowest BCUT2D eigenvalue weighted by Crippen LogP contribution is -2.35. The first-order valence-corrected chi connectivity index (χ1v) is 20.2. The summed E-state index contributed by atoms with van der Waals surface area (Å²) in [7, 11) is 3.25. The van der Waals surface area contributed by atoms with Gasteiger partial charge in [-0.2, -0.15) is 0 Å². The van der Waals surface area contributed by atoms with Gasteiger partial charge in [-0.3, -0.25) is 14.8 Å². The fraction of sp³-hybridized carbons (Fsp3) is 0.348. The van der Waals surface area contributed by atoms with Crippen molar-refractivity contribution in [1.29, 1.82) is 0 Å². The standard InChI is InChI=1S/C46H47N5O8/c1-55-39-18-35-37(48-24-34-17-32(26-51(34)45-43(35)59-45)29-10-12-30(13-11-29)46(53)54)20-41(39)57-14-4-3-5-15-58-42-21-38-36(19-40(42)56-2)44(52)50-25-31(16-33(50)23-49-38)28-8-6-27(22-47)7-9-28/h6-13,19-21,23-26,33-35,43,45H,3-5,14-18,22,47H2,1-2H3,(H,53,54)/t33?,34-,35?,43?,45?/m0/s1. The number of benzene rings is 3. The summed E-state index contributed by atoms with van der Waals surface area (Å²) >= 11 is 0. The number of nitrogens with two attached hydrogens (primary N) is 1. The van der Waals surface area contributed by atoms with Crippen LogP contribution in [0.25, 0.3) is 11.1 Å². The van der Waals surface area contributed by atoms with Crippen LogP contribution in [0.5, 0.6) is 11.5 Å². The number of epoxide rings is 1. The van der Waals surface area contributed by atoms with E-state index in [0.29, 0.717) is 61.1 Å². The highest BCUT2D eigenvalue weighted by Crippen LogP contribution is 2.47. The lowest BCUT2D eigenvalue weighted by Gasteiger charge is -2.28. The molecule has 59 heavy (non-hydrogen) atoms. The second-order valence-corrected chi connectivity index (χ2v) is 15.5. The Kier molecular flexibility index (Phi) is 10.5. The molecule has 3 N–H and O–H groups in total. The van der Waals surface area contributed by atoms with Crippen molar-refractivity contribution >= 4 is 41.1 Å². The molecule has 0 aromatic heterocycles. The van der Waals surface area contributed by atoms with Gasteiger partial charge in [-0.25, -0.2) is 4.79 Å². The van der Waals surface area contributed by atoms with Crippen molar-refractivity contribution in [3.63, 3.8) is 0 Å². The predicted octanol–water partition coefficient (Wildman–Crippen LogP) is 7.08. The number of carboxylic acids is 1. The zero-order chi connectivity index (χ0) is 40.6. The SMILES string of the molecule is COC1=C(OCCCCCOc2cc3c(cc2OC)C(=O)N2C=C(c4ccc(CN)cc4)CC2C=N3)C=C2N=C[C@@H]3CC(c4ccc(C(=O)O)cc4)=CN3C3OC3C2C1. The van der Waals surface area contributed by atoms with Crippen LogP contribution in [0.1, 0.15) is 75.9 Å². The maximum atomic E-state index is 13.8. The summed E-state index contributed by atoms with van der Waals surface area (Å²) in [6, 6.07) is 18.5. The average Bonchev–Trinajstić information content (AvgIpc) is 3.77. The number of allylic oxidation sites excluding steroid dienone is 2. The Morgan fingerprint density at radius 2 is 1.56 bits per heavy atom. The molecule has 0 radical (unpaired) electrons. The van der Waals surface area contributed by atoms with E-state index in [9.17, 15) is 14.7 Å². The molecule has 3 aromatic rings. The third-order valence-corrected chi connectivity index (χ3v) is 11.9. The molecule has 13 nitrogen and oxygen atoms in total. The van der Waals surface area contributed by atoms with E-state index in [1.165, 1.54) is 0 Å². The largest absolute Gasteiger partial charge is 0.497 e. The third-order valence-electron chi connectivity index (χ3n) is 11.9. The van der Waals surface area contributed by atoms with Crippen LogP contribution in [0.2, 0.25) is 0 Å². The molecule has 5 atom stereocenters. The molecule has 1 aliphatic carbocycles. The highest BCUT2D eigenvalue weighted by molar-refractivity contribution is 6.05. The number of carbonyl (C=O) groups is 2. The number of carbonyl (C=O) groups excluding carboxylic acids is 1. The van der Waals surface area contributed by atoms with Crippen LogP contribution in [-0.2, 0) is 20.8 Å². The molecule has 0 spiro atoms. The van der Waals surface area contributed by atoms with Crippen LogP contribution >= 0.6 is 0 Å². The molecule has 0 saturated carbocycles. The van der Waals surface area contributed by atoms with E-state index in [4.69, 9.17) is 39.4 Å². The number of hydrogen-bond acceptors (Lipinski definition) is 11. The Morgan fingerprint density at radius 1 is 0.847 bits per heavy atom. The van der Waals surface area contributed by atoms with E-state index >= 15 is 0 Å². The zero-order valence-corrected chi connectivity index (χ0v) is 33.1. The predicted molar refractivity (Wildman–Crippen MR) is 222 cm³/mol. The van der Waals surface area contributed by atoms with E-state index in [-0.39, 0.29) is 41.8 Å². The smallest absolute Gasteiger partial charge is 0.335 e. The van der Waals surface area contributed by atoms with Crippen molar-refractivity contribution in [3.8, 4) is 11.5 Å². The lowest BCUT2D eigenvalue weighted by atomic mass is 9.90. The fourth-order valence-corrected chi connectivity index (χ4v) is 8.51. The van der Waals surface area contributed by atoms with Crippen LogP contribution in [0.3, 0.4) is 0 Å². The Labute approximate surface area is 342 Å². The van der Waals surface area contributed by atoms with Gasteiger partial charge >= 0.3 is 5.97 Å². The minimum Gasteiger partial charge on any atom is -0.497 e. The van der Waals surface area contributed by atoms with Gasteiger partial charge in [0.25, 0.3) is 5.91 Å². The molecule has 1 fully saturated rings. The molecule has 5 heterocycles. The maximum absolute atomic E-state index is 13.8. The van der Waals surface area contributed by atoms with Gasteiger partial charge in [0, 0.05) is 62.3 Å². The van der Waals surface area contributed by atoms with Gasteiger partial charge < -0.3 is 44.3 Å². The molecular formula is C46H47N5O8. The Morgan fingerprint density at radius 3 is 2.29 bits per heavy atom. The summed E-state index contributed by atoms with van der Waals surface area (Å²) < 4.78 is 30.2. The van der Waals surface area contributed by atoms with Gasteiger partial charge in [-0.05, 0) is 71.7 Å². The van der Waals surface area contributed by atoms with Gasteiger partial charge in [-0.15, -0.1) is 0 Å². The summed E-state index contributed by atoms with van der Waals surface area (Å²) in [5.74, 6) is 1.50. The van der Waals surface area contributed by atoms with E-state index in [1.54, 1.807) is 43.4 Å². The summed E-state index contributed by atoms with van der Waals surface area (Å²) in [4.78, 5) is 38.8. The molecule has 13 heteroatoms. The van der Waals surface area contributed by atoms with Crippen LogP contribution in [-0.4, -0.2) is 91.1 Å². The quantitative estimate of drug-likeness (QED) is 0.128. The number of hydrogen-bond donors (Lipinski definition) is 2. The normalized spacial score (nSPS) is 23.7. The molecule has 3 aromatic carbocycles. The van der Waals surface area contributed by atoms with Gasteiger partial charge in [-0.1, -0.05) is 36.4 Å². The number of amides is 1. The summed E-state index contributed by atoms with van der Waals surface area (Å²) in [5, 5.41) is 9.30. The van der Waals surface area contributed by atoms with Crippen LogP contribution in [0.4, 0.5) is 5.69 Å². The van der Waals surface area contributed by atoms with Crippen LogP contribution in [0.15, 0.2) is 106 Å². The highest BCUT2D eigenvalue weighted by atomic mass is 16.6. The summed E-state index contributed by atoms with van der Waals surface area (Å²) in [6.07, 6.45) is 14.4. The summed E-state index contributed by atoms with van der Waals surface area (Å²) in [6.45, 7) is 1.47. The fourth-order valence-electron chi connectivity index (χ4n) is 8.51. The van der Waals surface area contributed by atoms with Crippen molar-refractivity contribution in [1.82, 2.24) is 9.80 Å². The third kappa shape index (κ3) is 7.63. The Hall–Kier alpha value is -6.18. The first-order chi connectivity index (χ1) is 28.8. The monoisotopic (exact) mass is 797 g/mol. The highest BCUT2D eigenvalue weighted by Gasteiger charge is 2.54. The number of nitrogens with zero attached hydrogens (tertiary/aromatic N) is 4. The molecule has 5 aliphatic heterocycles. The molecule has 4 unspecified atom stereocenters. The number of aliphatic imine (C=N–C) groups is 2. The zero-order valence-electron chi connectivity index (χ0n) is 33.1. The number of ether oxygens (including phenoxy) is 5. The molecule has 0 bridgehead atoms. The van der Waals surface area contributed by atoms with Crippen molar-refractivity contribution < 1.29 is 38.4 Å². The Bertz CT molecular complexity index is 2330. The second kappa shape index (κ2) is 16.2. The first kappa shape index (κ1) is 38.3. The minimum atomic E-state index is -0.937. The number of aromatic carboxylic acids is 1. The molecule has 1 saturated heterocycles. The number of methoxy groups -OCH3 is 2. The number of fused-ring (bicyclic) bond motifs is 7. The van der Waals surface area contributed by atoms with E-state index in [1.807, 2.05) is 61.1 Å². The molecular weight excluding hydrogens is 751 g/mol. The van der Waals surface area contributed by atoms with Gasteiger partial charge in [0.05, 0.1) is 62.0 Å². The molecule has 1 amide bonds. The van der Waals surface area contributed by atoms with Gasteiger partial charge in [0.2, 0.25) is 0 Å². The van der Waals surface area contributed by atoms with Crippen molar-refractivity contribution in [2.75, 3.05) is 27.4 Å². The first-order valence-electron chi connectivity index (χ1n) is 20.2. The second-order valence-electron chi connectivity index (χ2n) is 15.5. The van der Waals surface area contributed by atoms with Crippen molar-refractivity contribution in [2.45, 2.75) is 69.5 Å². The Balaban J connectivity index is 0.774.